The Kier molecular flexibility index (Phi) is 2.20. The van der Waals surface area contributed by atoms with E-state index in [1.54, 1.807) is 0 Å². The molecule has 0 saturated heterocycles. The fraction of sp³-hybridized carbons (Fsp3) is 0.111. The molecule has 1 amide bonds. The topological polar surface area (TPSA) is 96.3 Å². The van der Waals surface area contributed by atoms with Gasteiger partial charge in [-0.05, 0) is 18.2 Å². The van der Waals surface area contributed by atoms with E-state index in [1.165, 1.54) is 25.3 Å². The average Bonchev–Trinajstić information content (AvgIpc) is 2.48. The molecule has 7 heteroatoms. The zero-order valence-electron chi connectivity index (χ0n) is 8.27. The molecule has 84 valence electrons. The minimum absolute atomic E-state index is 0.0281. The molecule has 1 heterocycles. The molecule has 16 heavy (non-hydrogen) atoms. The van der Waals surface area contributed by atoms with Gasteiger partial charge in [0.05, 0.1) is 23.1 Å². The molecule has 1 aromatic rings. The number of amides is 1. The lowest BCUT2D eigenvalue weighted by molar-refractivity contribution is 0.0600. The molecule has 1 aliphatic rings. The Hall–Kier alpha value is -1.89. The van der Waals surface area contributed by atoms with E-state index in [0.29, 0.717) is 0 Å². The minimum Gasteiger partial charge on any atom is -0.465 e. The lowest BCUT2D eigenvalue weighted by Crippen LogP contribution is -2.19. The number of nitrogens with one attached hydrogen (secondary N) is 2. The van der Waals surface area contributed by atoms with Gasteiger partial charge in [0.25, 0.3) is 5.91 Å². The minimum atomic E-state index is -3.33. The molecule has 0 radical (unpaired) electrons. The number of esters is 1. The molecule has 6 nitrogen and oxygen atoms in total. The quantitative estimate of drug-likeness (QED) is 0.700. The third kappa shape index (κ3) is 1.45. The third-order valence-electron chi connectivity index (χ3n) is 2.19. The molecule has 0 bridgehead atoms. The second-order valence-corrected chi connectivity index (χ2v) is 4.95. The van der Waals surface area contributed by atoms with Gasteiger partial charge >= 0.3 is 5.97 Å². The average molecular weight is 240 g/mol. The summed E-state index contributed by atoms with van der Waals surface area (Å²) in [6, 6.07) is 4.00. The highest BCUT2D eigenvalue weighted by Crippen LogP contribution is 2.24. The molecule has 0 fully saturated rings. The zero-order chi connectivity index (χ0) is 11.9. The third-order valence-corrected chi connectivity index (χ3v) is 3.62. The van der Waals surface area contributed by atoms with Crippen molar-refractivity contribution in [1.82, 2.24) is 4.72 Å². The SMILES string of the molecule is COC(=O)c1ccc2c(c1)[S@@](=N)(=O)NC2=O. The molecule has 2 rings (SSSR count). The summed E-state index contributed by atoms with van der Waals surface area (Å²) in [5.74, 6) is -1.16. The number of fused-ring (bicyclic) bond motifs is 1. The van der Waals surface area contributed by atoms with Crippen LogP contribution in [-0.4, -0.2) is 23.2 Å². The van der Waals surface area contributed by atoms with E-state index in [1.807, 2.05) is 4.72 Å². The Labute approximate surface area is 91.7 Å². The molecule has 0 aliphatic carbocycles. The molecule has 2 N–H and O–H groups in total. The molecule has 1 aromatic carbocycles. The van der Waals surface area contributed by atoms with Crippen molar-refractivity contribution in [1.29, 1.82) is 4.78 Å². The molecule has 1 aliphatic heterocycles. The van der Waals surface area contributed by atoms with Crippen LogP contribution < -0.4 is 4.72 Å². The van der Waals surface area contributed by atoms with Crippen LogP contribution in [0, 0.1) is 4.78 Å². The number of ether oxygens (including phenoxy) is 1. The van der Waals surface area contributed by atoms with Crippen molar-refractivity contribution in [3.05, 3.63) is 29.3 Å². The van der Waals surface area contributed by atoms with Crippen LogP contribution in [0.2, 0.25) is 0 Å². The number of carbonyl (C=O) groups is 2. The van der Waals surface area contributed by atoms with Crippen LogP contribution in [0.4, 0.5) is 0 Å². The Morgan fingerprint density at radius 2 is 2.19 bits per heavy atom. The van der Waals surface area contributed by atoms with E-state index in [-0.39, 0.29) is 16.0 Å². The molecular formula is C9H8N2O4S. The van der Waals surface area contributed by atoms with E-state index in [2.05, 4.69) is 4.74 Å². The maximum absolute atomic E-state index is 11.7. The maximum Gasteiger partial charge on any atom is 0.337 e. The van der Waals surface area contributed by atoms with Gasteiger partial charge in [0.1, 0.15) is 0 Å². The van der Waals surface area contributed by atoms with Crippen LogP contribution in [-0.2, 0) is 14.7 Å². The summed E-state index contributed by atoms with van der Waals surface area (Å²) >= 11 is 0. The smallest absolute Gasteiger partial charge is 0.337 e. The molecule has 0 aromatic heterocycles. The Morgan fingerprint density at radius 1 is 1.50 bits per heavy atom. The standard InChI is InChI=1S/C9H8N2O4S/c1-15-9(13)5-2-3-6-7(4-5)16(10,14)11-8(6)12/h2-4H,1H3,(H2,10,11,12,14)/t16-/m0/s1. The second kappa shape index (κ2) is 3.31. The van der Waals surface area contributed by atoms with Gasteiger partial charge in [0.15, 0.2) is 9.92 Å². The van der Waals surface area contributed by atoms with Crippen molar-refractivity contribution in [3.63, 3.8) is 0 Å². The van der Waals surface area contributed by atoms with Gasteiger partial charge in [-0.3, -0.25) is 9.52 Å². The number of methoxy groups -OCH3 is 1. The number of benzene rings is 1. The molecule has 0 spiro atoms. The number of rotatable bonds is 1. The highest BCUT2D eigenvalue weighted by Gasteiger charge is 2.30. The summed E-state index contributed by atoms with van der Waals surface area (Å²) in [4.78, 5) is 22.6. The first-order valence-electron chi connectivity index (χ1n) is 4.29. The van der Waals surface area contributed by atoms with Crippen LogP contribution in [0.5, 0.6) is 0 Å². The van der Waals surface area contributed by atoms with Gasteiger partial charge < -0.3 is 4.74 Å². The fourth-order valence-corrected chi connectivity index (χ4v) is 2.68. The largest absolute Gasteiger partial charge is 0.465 e. The highest BCUT2D eigenvalue weighted by molar-refractivity contribution is 7.91. The lowest BCUT2D eigenvalue weighted by atomic mass is 10.1. The van der Waals surface area contributed by atoms with E-state index in [4.69, 9.17) is 4.78 Å². The van der Waals surface area contributed by atoms with Gasteiger partial charge in [-0.2, -0.15) is 0 Å². The second-order valence-electron chi connectivity index (χ2n) is 3.19. The van der Waals surface area contributed by atoms with Crippen molar-refractivity contribution in [2.75, 3.05) is 7.11 Å². The van der Waals surface area contributed by atoms with E-state index in [0.717, 1.165) is 0 Å². The van der Waals surface area contributed by atoms with Crippen LogP contribution in [0.15, 0.2) is 23.1 Å². The lowest BCUT2D eigenvalue weighted by Gasteiger charge is -2.01. The molecular weight excluding hydrogens is 232 g/mol. The summed E-state index contributed by atoms with van der Waals surface area (Å²) in [7, 11) is -2.11. The van der Waals surface area contributed by atoms with Crippen LogP contribution in [0.25, 0.3) is 0 Å². The molecule has 0 unspecified atom stereocenters. The Balaban J connectivity index is 2.64. The normalized spacial score (nSPS) is 22.4. The first-order valence-corrected chi connectivity index (χ1v) is 5.85. The van der Waals surface area contributed by atoms with Gasteiger partial charge in [0, 0.05) is 0 Å². The summed E-state index contributed by atoms with van der Waals surface area (Å²) < 4.78 is 25.6. The predicted molar refractivity (Wildman–Crippen MR) is 54.4 cm³/mol. The van der Waals surface area contributed by atoms with Crippen LogP contribution >= 0.6 is 0 Å². The monoisotopic (exact) mass is 240 g/mol. The van der Waals surface area contributed by atoms with E-state index >= 15 is 0 Å². The van der Waals surface area contributed by atoms with Crippen LogP contribution in [0.1, 0.15) is 20.7 Å². The van der Waals surface area contributed by atoms with Crippen molar-refractivity contribution < 1.29 is 18.5 Å². The Bertz CT molecular complexity index is 592. The first kappa shape index (κ1) is 10.6. The van der Waals surface area contributed by atoms with Gasteiger partial charge in [0.2, 0.25) is 0 Å². The molecule has 0 saturated carbocycles. The summed E-state index contributed by atoms with van der Waals surface area (Å²) in [6.07, 6.45) is 0. The number of hydrogen-bond acceptors (Lipinski definition) is 5. The number of hydrogen-bond donors (Lipinski definition) is 2. The predicted octanol–water partition coefficient (Wildman–Crippen LogP) is 0.537. The van der Waals surface area contributed by atoms with E-state index in [9.17, 15) is 13.8 Å². The van der Waals surface area contributed by atoms with Crippen molar-refractivity contribution >= 4 is 21.8 Å². The first-order chi connectivity index (χ1) is 7.45. The van der Waals surface area contributed by atoms with Gasteiger partial charge in [-0.15, -0.1) is 0 Å². The van der Waals surface area contributed by atoms with Crippen molar-refractivity contribution in [2.24, 2.45) is 0 Å². The van der Waals surface area contributed by atoms with Gasteiger partial charge in [-0.25, -0.2) is 13.8 Å². The maximum atomic E-state index is 11.7. The van der Waals surface area contributed by atoms with Crippen molar-refractivity contribution in [3.8, 4) is 0 Å². The summed E-state index contributed by atoms with van der Waals surface area (Å²) in [5.41, 5.74) is 0.324. The Morgan fingerprint density at radius 3 is 2.81 bits per heavy atom. The van der Waals surface area contributed by atoms with Crippen LogP contribution in [0.3, 0.4) is 0 Å². The fourth-order valence-electron chi connectivity index (χ4n) is 1.43. The van der Waals surface area contributed by atoms with Gasteiger partial charge in [-0.1, -0.05) is 0 Å². The van der Waals surface area contributed by atoms with Crippen molar-refractivity contribution in [2.45, 2.75) is 4.90 Å². The summed E-state index contributed by atoms with van der Waals surface area (Å²) in [5, 5.41) is 0. The zero-order valence-corrected chi connectivity index (χ0v) is 9.09. The highest BCUT2D eigenvalue weighted by atomic mass is 32.2. The summed E-state index contributed by atoms with van der Waals surface area (Å²) in [6.45, 7) is 0. The van der Waals surface area contributed by atoms with E-state index < -0.39 is 21.8 Å². The molecule has 1 atom stereocenters. The number of carbonyl (C=O) groups excluding carboxylic acids is 2.